The largest absolute Gasteiger partial charge is 0.322 e. The van der Waals surface area contributed by atoms with Gasteiger partial charge in [0.25, 0.3) is 0 Å². The van der Waals surface area contributed by atoms with E-state index in [0.29, 0.717) is 0 Å². The summed E-state index contributed by atoms with van der Waals surface area (Å²) in [6, 6.07) is 9.81. The summed E-state index contributed by atoms with van der Waals surface area (Å²) in [5, 5.41) is 4.90. The van der Waals surface area contributed by atoms with Gasteiger partial charge in [0.15, 0.2) is 0 Å². The Labute approximate surface area is 125 Å². The summed E-state index contributed by atoms with van der Waals surface area (Å²) >= 11 is 5.04. The van der Waals surface area contributed by atoms with Crippen molar-refractivity contribution in [1.82, 2.24) is 0 Å². The van der Waals surface area contributed by atoms with E-state index in [9.17, 15) is 4.79 Å². The van der Waals surface area contributed by atoms with Gasteiger partial charge in [-0.2, -0.15) is 0 Å². The number of hydrogen-bond acceptors (Lipinski definition) is 2. The van der Waals surface area contributed by atoms with E-state index < -0.39 is 0 Å². The second kappa shape index (κ2) is 6.68. The Morgan fingerprint density at radius 3 is 2.95 bits per heavy atom. The van der Waals surface area contributed by atoms with Gasteiger partial charge in [-0.15, -0.1) is 11.3 Å². The first kappa shape index (κ1) is 14.0. The number of carbonyl (C=O) groups is 1. The van der Waals surface area contributed by atoms with Gasteiger partial charge in [0.2, 0.25) is 5.91 Å². The van der Waals surface area contributed by atoms with Gasteiger partial charge in [-0.05, 0) is 47.7 Å². The standard InChI is InChI=1S/C15H14BrNOS/c1-2-11-10-12(16)5-7-14(11)17-15(18)8-6-13-4-3-9-19-13/h3-10H,2H2,1H3,(H,17,18)/b8-6+. The molecule has 1 aromatic heterocycles. The number of nitrogens with one attached hydrogen (secondary N) is 1. The lowest BCUT2D eigenvalue weighted by Crippen LogP contribution is -2.09. The van der Waals surface area contributed by atoms with Crippen molar-refractivity contribution < 1.29 is 4.79 Å². The summed E-state index contributed by atoms with van der Waals surface area (Å²) < 4.78 is 1.02. The van der Waals surface area contributed by atoms with Gasteiger partial charge in [0.05, 0.1) is 0 Å². The molecule has 2 aromatic rings. The molecule has 1 heterocycles. The average molecular weight is 336 g/mol. The molecule has 2 rings (SSSR count). The normalized spacial score (nSPS) is 10.8. The van der Waals surface area contributed by atoms with Crippen LogP contribution < -0.4 is 5.32 Å². The molecular formula is C15H14BrNOS. The molecule has 0 radical (unpaired) electrons. The smallest absolute Gasteiger partial charge is 0.248 e. The summed E-state index contributed by atoms with van der Waals surface area (Å²) in [5.41, 5.74) is 1.98. The molecule has 2 nitrogen and oxygen atoms in total. The maximum atomic E-state index is 11.9. The third kappa shape index (κ3) is 4.04. The number of rotatable bonds is 4. The number of anilines is 1. The summed E-state index contributed by atoms with van der Waals surface area (Å²) in [7, 11) is 0. The van der Waals surface area contributed by atoms with E-state index in [4.69, 9.17) is 0 Å². The third-order valence-electron chi connectivity index (χ3n) is 2.65. The average Bonchev–Trinajstić information content (AvgIpc) is 2.91. The molecule has 19 heavy (non-hydrogen) atoms. The molecule has 0 saturated carbocycles. The molecule has 0 fully saturated rings. The van der Waals surface area contributed by atoms with Crippen molar-refractivity contribution >= 4 is 44.9 Å². The molecule has 1 N–H and O–H groups in total. The van der Waals surface area contributed by atoms with Crippen LogP contribution in [0.15, 0.2) is 46.3 Å². The van der Waals surface area contributed by atoms with Crippen molar-refractivity contribution in [1.29, 1.82) is 0 Å². The number of aryl methyl sites for hydroxylation is 1. The van der Waals surface area contributed by atoms with Crippen molar-refractivity contribution in [3.05, 3.63) is 56.7 Å². The molecule has 0 unspecified atom stereocenters. The van der Waals surface area contributed by atoms with Gasteiger partial charge in [0, 0.05) is 21.1 Å². The molecular weight excluding hydrogens is 322 g/mol. The fourth-order valence-electron chi connectivity index (χ4n) is 1.70. The SMILES string of the molecule is CCc1cc(Br)ccc1NC(=O)/C=C/c1cccs1. The fraction of sp³-hybridized carbons (Fsp3) is 0.133. The first-order chi connectivity index (χ1) is 9.19. The fourth-order valence-corrected chi connectivity index (χ4v) is 2.72. The molecule has 0 atom stereocenters. The van der Waals surface area contributed by atoms with Crippen LogP contribution >= 0.6 is 27.3 Å². The van der Waals surface area contributed by atoms with Gasteiger partial charge < -0.3 is 5.32 Å². The summed E-state index contributed by atoms with van der Waals surface area (Å²) in [4.78, 5) is 12.9. The molecule has 0 spiro atoms. The zero-order valence-corrected chi connectivity index (χ0v) is 12.9. The van der Waals surface area contributed by atoms with Crippen LogP contribution in [0.4, 0.5) is 5.69 Å². The van der Waals surface area contributed by atoms with Crippen LogP contribution in [0.25, 0.3) is 6.08 Å². The number of benzene rings is 1. The lowest BCUT2D eigenvalue weighted by molar-refractivity contribution is -0.111. The molecule has 98 valence electrons. The van der Waals surface area contributed by atoms with Crippen molar-refractivity contribution in [3.63, 3.8) is 0 Å². The zero-order chi connectivity index (χ0) is 13.7. The lowest BCUT2D eigenvalue weighted by atomic mass is 10.1. The number of amides is 1. The van der Waals surface area contributed by atoms with Gasteiger partial charge in [0.1, 0.15) is 0 Å². The first-order valence-electron chi connectivity index (χ1n) is 6.00. The minimum absolute atomic E-state index is 0.106. The maximum Gasteiger partial charge on any atom is 0.248 e. The van der Waals surface area contributed by atoms with Crippen molar-refractivity contribution in [2.24, 2.45) is 0 Å². The maximum absolute atomic E-state index is 11.9. The quantitative estimate of drug-likeness (QED) is 0.804. The highest BCUT2D eigenvalue weighted by atomic mass is 79.9. The van der Waals surface area contributed by atoms with Crippen LogP contribution in [0.5, 0.6) is 0 Å². The van der Waals surface area contributed by atoms with Crippen molar-refractivity contribution in [2.75, 3.05) is 5.32 Å². The Kier molecular flexibility index (Phi) is 4.93. The van der Waals surface area contributed by atoms with E-state index in [1.165, 1.54) is 0 Å². The van der Waals surface area contributed by atoms with E-state index in [1.807, 2.05) is 41.8 Å². The highest BCUT2D eigenvalue weighted by Crippen LogP contribution is 2.21. The predicted octanol–water partition coefficient (Wildman–Crippen LogP) is 4.72. The first-order valence-corrected chi connectivity index (χ1v) is 7.67. The molecule has 0 aliphatic carbocycles. The van der Waals surface area contributed by atoms with E-state index in [1.54, 1.807) is 17.4 Å². The number of thiophene rings is 1. The van der Waals surface area contributed by atoms with E-state index in [0.717, 1.165) is 27.0 Å². The molecule has 0 aliphatic rings. The number of carbonyl (C=O) groups excluding carboxylic acids is 1. The highest BCUT2D eigenvalue weighted by molar-refractivity contribution is 9.10. The van der Waals surface area contributed by atoms with Crippen molar-refractivity contribution in [3.8, 4) is 0 Å². The lowest BCUT2D eigenvalue weighted by Gasteiger charge is -2.08. The topological polar surface area (TPSA) is 29.1 Å². The minimum Gasteiger partial charge on any atom is -0.322 e. The highest BCUT2D eigenvalue weighted by Gasteiger charge is 2.04. The molecule has 0 saturated heterocycles. The summed E-state index contributed by atoms with van der Waals surface area (Å²) in [6.07, 6.45) is 4.27. The monoisotopic (exact) mass is 335 g/mol. The van der Waals surface area contributed by atoms with Gasteiger partial charge in [-0.25, -0.2) is 0 Å². The number of halogens is 1. The van der Waals surface area contributed by atoms with E-state index in [2.05, 4.69) is 28.2 Å². The zero-order valence-electron chi connectivity index (χ0n) is 10.5. The Hall–Kier alpha value is -1.39. The third-order valence-corrected chi connectivity index (χ3v) is 3.98. The molecule has 4 heteroatoms. The Morgan fingerprint density at radius 1 is 1.42 bits per heavy atom. The van der Waals surface area contributed by atoms with Gasteiger partial charge in [-0.3, -0.25) is 4.79 Å². The second-order valence-electron chi connectivity index (χ2n) is 3.99. The van der Waals surface area contributed by atoms with Crippen LogP contribution in [0, 0.1) is 0 Å². The van der Waals surface area contributed by atoms with E-state index >= 15 is 0 Å². The van der Waals surface area contributed by atoms with Gasteiger partial charge in [-0.1, -0.05) is 28.9 Å². The second-order valence-corrected chi connectivity index (χ2v) is 5.89. The Morgan fingerprint density at radius 2 is 2.26 bits per heavy atom. The van der Waals surface area contributed by atoms with Crippen molar-refractivity contribution in [2.45, 2.75) is 13.3 Å². The van der Waals surface area contributed by atoms with E-state index in [-0.39, 0.29) is 5.91 Å². The summed E-state index contributed by atoms with van der Waals surface area (Å²) in [5.74, 6) is -0.106. The molecule has 1 aromatic carbocycles. The van der Waals surface area contributed by atoms with Crippen LogP contribution in [-0.2, 0) is 11.2 Å². The van der Waals surface area contributed by atoms with Gasteiger partial charge >= 0.3 is 0 Å². The number of hydrogen-bond donors (Lipinski definition) is 1. The Balaban J connectivity index is 2.06. The minimum atomic E-state index is -0.106. The van der Waals surface area contributed by atoms with Crippen LogP contribution in [0.2, 0.25) is 0 Å². The molecule has 0 bridgehead atoms. The summed E-state index contributed by atoms with van der Waals surface area (Å²) in [6.45, 7) is 2.07. The van der Waals surface area contributed by atoms with Crippen LogP contribution in [0.3, 0.4) is 0 Å². The Bertz CT molecular complexity index is 590. The van der Waals surface area contributed by atoms with Crippen LogP contribution in [-0.4, -0.2) is 5.91 Å². The molecule has 0 aliphatic heterocycles. The van der Waals surface area contributed by atoms with Crippen LogP contribution in [0.1, 0.15) is 17.4 Å². The molecule has 1 amide bonds. The predicted molar refractivity (Wildman–Crippen MR) is 85.5 cm³/mol.